The first-order valence-electron chi connectivity index (χ1n) is 13.0. The molecule has 1 saturated heterocycles. The van der Waals surface area contributed by atoms with Gasteiger partial charge in [0.05, 0.1) is 22.4 Å². The Morgan fingerprint density at radius 3 is 2.58 bits per heavy atom. The van der Waals surface area contributed by atoms with Crippen molar-refractivity contribution in [3.05, 3.63) is 81.1 Å². The lowest BCUT2D eigenvalue weighted by Gasteiger charge is -2.47. The van der Waals surface area contributed by atoms with Crippen molar-refractivity contribution in [3.8, 4) is 11.5 Å². The minimum atomic E-state index is -0.543. The number of nitrogens with two attached hydrogens (primary N) is 1. The van der Waals surface area contributed by atoms with Gasteiger partial charge in [0.1, 0.15) is 18.1 Å². The van der Waals surface area contributed by atoms with Crippen LogP contribution in [-0.2, 0) is 18.0 Å². The van der Waals surface area contributed by atoms with Gasteiger partial charge in [-0.2, -0.15) is 0 Å². The highest BCUT2D eigenvalue weighted by atomic mass is 35.5. The zero-order valence-corrected chi connectivity index (χ0v) is 22.5. The molecule has 7 nitrogen and oxygen atoms in total. The number of benzene rings is 2. The predicted molar refractivity (Wildman–Crippen MR) is 148 cm³/mol. The van der Waals surface area contributed by atoms with Crippen molar-refractivity contribution in [1.82, 2.24) is 9.88 Å². The molecule has 1 saturated carbocycles. The van der Waals surface area contributed by atoms with E-state index in [1.165, 1.54) is 31.7 Å². The van der Waals surface area contributed by atoms with Crippen LogP contribution in [0.15, 0.2) is 48.8 Å². The van der Waals surface area contributed by atoms with E-state index in [-0.39, 0.29) is 6.61 Å². The van der Waals surface area contributed by atoms with Crippen LogP contribution in [0.3, 0.4) is 0 Å². The van der Waals surface area contributed by atoms with E-state index in [1.54, 1.807) is 18.2 Å². The highest BCUT2D eigenvalue weighted by Crippen LogP contribution is 2.40. The zero-order chi connectivity index (χ0) is 26.3. The number of piperidine rings is 1. The maximum atomic E-state index is 8.89. The third kappa shape index (κ3) is 4.96. The molecule has 2 aromatic carbocycles. The van der Waals surface area contributed by atoms with Crippen LogP contribution in [0.25, 0.3) is 0 Å². The number of likely N-dealkylation sites (tertiary alicyclic amines) is 1. The quantitative estimate of drug-likeness (QED) is 0.278. The van der Waals surface area contributed by atoms with Crippen molar-refractivity contribution in [2.75, 3.05) is 18.8 Å². The molecule has 9 heteroatoms. The Morgan fingerprint density at radius 1 is 1.11 bits per heavy atom. The second-order valence-electron chi connectivity index (χ2n) is 10.2. The van der Waals surface area contributed by atoms with Gasteiger partial charge in [-0.05, 0) is 49.2 Å². The summed E-state index contributed by atoms with van der Waals surface area (Å²) in [5.41, 5.74) is 9.94. The summed E-state index contributed by atoms with van der Waals surface area (Å²) < 4.78 is 18.7. The van der Waals surface area contributed by atoms with Crippen LogP contribution in [0, 0.1) is 5.41 Å². The van der Waals surface area contributed by atoms with Crippen molar-refractivity contribution in [2.45, 2.75) is 57.1 Å². The van der Waals surface area contributed by atoms with Crippen LogP contribution >= 0.6 is 23.2 Å². The summed E-state index contributed by atoms with van der Waals surface area (Å²) in [4.78, 5) is 6.56. The molecule has 3 N–H and O–H groups in total. The van der Waals surface area contributed by atoms with Gasteiger partial charge >= 0.3 is 0 Å². The summed E-state index contributed by atoms with van der Waals surface area (Å²) in [6.45, 7) is 2.66. The Balaban J connectivity index is 1.15. The van der Waals surface area contributed by atoms with E-state index in [1.807, 2.05) is 18.2 Å². The lowest BCUT2D eigenvalue weighted by Crippen LogP contribution is -2.54. The van der Waals surface area contributed by atoms with Gasteiger partial charge in [-0.1, -0.05) is 29.6 Å². The van der Waals surface area contributed by atoms with Crippen LogP contribution in [0.2, 0.25) is 10.0 Å². The van der Waals surface area contributed by atoms with E-state index in [9.17, 15) is 0 Å². The number of halogens is 2. The molecule has 0 amide bonds. The number of rotatable bonds is 6. The van der Waals surface area contributed by atoms with E-state index < -0.39 is 5.79 Å². The Kier molecular flexibility index (Phi) is 6.95. The van der Waals surface area contributed by atoms with Gasteiger partial charge in [-0.15, -0.1) is 0 Å². The maximum absolute atomic E-state index is 8.89. The molecule has 0 bridgehead atoms. The molecule has 1 aliphatic carbocycles. The van der Waals surface area contributed by atoms with Crippen molar-refractivity contribution in [3.63, 3.8) is 0 Å². The van der Waals surface area contributed by atoms with Gasteiger partial charge in [0.15, 0.2) is 0 Å². The fourth-order valence-corrected chi connectivity index (χ4v) is 5.82. The van der Waals surface area contributed by atoms with E-state index in [2.05, 4.69) is 9.88 Å². The van der Waals surface area contributed by atoms with Crippen LogP contribution in [-0.4, -0.2) is 40.5 Å². The lowest BCUT2D eigenvalue weighted by molar-refractivity contribution is -0.231. The van der Waals surface area contributed by atoms with Crippen molar-refractivity contribution >= 4 is 34.6 Å². The fraction of sp³-hybridized carbons (Fsp3) is 0.379. The Bertz CT molecular complexity index is 1350. The Labute approximate surface area is 232 Å². The molecular formula is C29H30Cl2N4O3. The van der Waals surface area contributed by atoms with E-state index >= 15 is 0 Å². The van der Waals surface area contributed by atoms with E-state index in [4.69, 9.17) is 48.6 Å². The second kappa shape index (κ2) is 10.4. The van der Waals surface area contributed by atoms with Crippen molar-refractivity contribution in [2.24, 2.45) is 0 Å². The number of hydrogen-bond donors (Lipinski definition) is 2. The number of ether oxygens (including phenoxy) is 3. The van der Waals surface area contributed by atoms with Crippen LogP contribution in [0.4, 0.5) is 5.69 Å². The largest absolute Gasteiger partial charge is 0.489 e. The number of nitrogens with one attached hydrogen (secondary N) is 1. The molecule has 3 aliphatic rings. The average molecular weight is 553 g/mol. The standard InChI is InChI=1S/C29H30Cl2N4O3/c30-24-14-34-15-25(31)23(24)17-36-21-5-6-26(32)22(13-21)28(33)18-4-7-27-19(12-18)16-37-29(38-27)8-10-35(11-9-29)20-2-1-3-20/h4-7,12-15,20,33H,1-3,8-11,16-17,32H2. The number of nitrogen functional groups attached to an aromatic ring is 1. The van der Waals surface area contributed by atoms with Gasteiger partial charge < -0.3 is 19.9 Å². The highest BCUT2D eigenvalue weighted by Gasteiger charge is 2.42. The minimum absolute atomic E-state index is 0.171. The molecular weight excluding hydrogens is 523 g/mol. The monoisotopic (exact) mass is 552 g/mol. The summed E-state index contributed by atoms with van der Waals surface area (Å²) in [7, 11) is 0. The first-order valence-corrected chi connectivity index (χ1v) is 13.8. The molecule has 38 heavy (non-hydrogen) atoms. The molecule has 6 rings (SSSR count). The number of fused-ring (bicyclic) bond motifs is 1. The van der Waals surface area contributed by atoms with Gasteiger partial charge in [-0.25, -0.2) is 0 Å². The fourth-order valence-electron chi connectivity index (χ4n) is 5.34. The molecule has 198 valence electrons. The zero-order valence-electron chi connectivity index (χ0n) is 21.0. The highest BCUT2D eigenvalue weighted by molar-refractivity contribution is 6.35. The number of pyridine rings is 1. The number of anilines is 1. The maximum Gasteiger partial charge on any atom is 0.213 e. The van der Waals surface area contributed by atoms with Crippen molar-refractivity contribution < 1.29 is 14.2 Å². The lowest BCUT2D eigenvalue weighted by atomic mass is 9.89. The van der Waals surface area contributed by atoms with Gasteiger partial charge in [-0.3, -0.25) is 15.3 Å². The summed E-state index contributed by atoms with van der Waals surface area (Å²) in [6, 6.07) is 11.8. The van der Waals surface area contributed by atoms with Gasteiger partial charge in [0.25, 0.3) is 0 Å². The first kappa shape index (κ1) is 25.4. The SMILES string of the molecule is N=C(c1ccc2c(c1)COC1(CCN(C3CCC3)CC1)O2)c1cc(OCc2c(Cl)cncc2Cl)ccc1N. The number of hydrogen-bond acceptors (Lipinski definition) is 7. The van der Waals surface area contributed by atoms with Gasteiger partial charge in [0.2, 0.25) is 5.79 Å². The van der Waals surface area contributed by atoms with Crippen LogP contribution < -0.4 is 15.2 Å². The molecule has 1 spiro atoms. The third-order valence-corrected chi connectivity index (χ3v) is 8.57. The summed E-state index contributed by atoms with van der Waals surface area (Å²) in [5.74, 6) is 0.850. The third-order valence-electron chi connectivity index (χ3n) is 7.92. The topological polar surface area (TPSA) is 93.7 Å². The number of aromatic nitrogens is 1. The van der Waals surface area contributed by atoms with Gasteiger partial charge in [0, 0.05) is 72.3 Å². The molecule has 3 heterocycles. The molecule has 1 aromatic heterocycles. The molecule has 0 unspecified atom stereocenters. The molecule has 3 aromatic rings. The predicted octanol–water partition coefficient (Wildman–Crippen LogP) is 6.22. The smallest absolute Gasteiger partial charge is 0.213 e. The van der Waals surface area contributed by atoms with Crippen LogP contribution in [0.5, 0.6) is 11.5 Å². The normalized spacial score (nSPS) is 18.9. The molecule has 0 radical (unpaired) electrons. The average Bonchev–Trinajstić information content (AvgIpc) is 2.89. The summed E-state index contributed by atoms with van der Waals surface area (Å²) >= 11 is 12.4. The Morgan fingerprint density at radius 2 is 1.87 bits per heavy atom. The molecule has 0 atom stereocenters. The van der Waals surface area contributed by atoms with E-state index in [0.717, 1.165) is 48.8 Å². The second-order valence-corrected chi connectivity index (χ2v) is 11.1. The summed E-state index contributed by atoms with van der Waals surface area (Å²) in [6.07, 6.45) is 8.79. The van der Waals surface area contributed by atoms with Crippen LogP contribution in [0.1, 0.15) is 54.4 Å². The van der Waals surface area contributed by atoms with Crippen molar-refractivity contribution in [1.29, 1.82) is 5.41 Å². The minimum Gasteiger partial charge on any atom is -0.489 e. The first-order chi connectivity index (χ1) is 18.4. The molecule has 2 fully saturated rings. The number of nitrogens with zero attached hydrogens (tertiary/aromatic N) is 2. The molecule has 2 aliphatic heterocycles. The Hall–Kier alpha value is -2.84. The van der Waals surface area contributed by atoms with E-state index in [0.29, 0.717) is 44.9 Å². The summed E-state index contributed by atoms with van der Waals surface area (Å²) in [5, 5.41) is 9.76.